The third kappa shape index (κ3) is 8.65. The maximum Gasteiger partial charge on any atom is 0.319 e. The van der Waals surface area contributed by atoms with Crippen LogP contribution in [0, 0.1) is 5.92 Å². The summed E-state index contributed by atoms with van der Waals surface area (Å²) in [6.07, 6.45) is 2.66. The number of primary amides is 1. The Morgan fingerprint density at radius 2 is 1.84 bits per heavy atom. The van der Waals surface area contributed by atoms with Gasteiger partial charge in [0.2, 0.25) is 5.91 Å². The van der Waals surface area contributed by atoms with Gasteiger partial charge in [0.15, 0.2) is 5.75 Å². The Balaban J connectivity index is 0.00000114. The van der Waals surface area contributed by atoms with E-state index < -0.39 is 0 Å². The molecule has 32 heavy (non-hydrogen) atoms. The van der Waals surface area contributed by atoms with Gasteiger partial charge in [0.05, 0.1) is 11.6 Å². The number of anilines is 1. The maximum atomic E-state index is 12.3. The molecule has 1 heterocycles. The van der Waals surface area contributed by atoms with E-state index in [0.717, 1.165) is 32.4 Å². The van der Waals surface area contributed by atoms with Crippen LogP contribution >= 0.6 is 0 Å². The van der Waals surface area contributed by atoms with Gasteiger partial charge in [0.25, 0.3) is 6.47 Å². The van der Waals surface area contributed by atoms with Gasteiger partial charge in [-0.05, 0) is 56.6 Å². The van der Waals surface area contributed by atoms with Crippen LogP contribution in [0.2, 0.25) is 0 Å². The number of likely N-dealkylation sites (tertiary alicyclic amines) is 1. The zero-order valence-electron chi connectivity index (χ0n) is 17.9. The normalized spacial score (nSPS) is 15.6. The Bertz CT molecular complexity index is 862. The van der Waals surface area contributed by atoms with Crippen LogP contribution in [0.3, 0.4) is 0 Å². The minimum atomic E-state index is -0.275. The quantitative estimate of drug-likeness (QED) is 0.367. The molecule has 1 aliphatic heterocycles. The zero-order chi connectivity index (χ0) is 23.2. The summed E-state index contributed by atoms with van der Waals surface area (Å²) >= 11 is 0. The van der Waals surface area contributed by atoms with Crippen molar-refractivity contribution in [3.05, 3.63) is 54.6 Å². The van der Waals surface area contributed by atoms with Crippen molar-refractivity contribution in [2.24, 2.45) is 11.7 Å². The molecule has 0 aromatic heterocycles. The van der Waals surface area contributed by atoms with Gasteiger partial charge in [-0.2, -0.15) is 0 Å². The van der Waals surface area contributed by atoms with Crippen molar-refractivity contribution in [1.29, 1.82) is 0 Å². The van der Waals surface area contributed by atoms with Crippen LogP contribution in [-0.2, 0) is 9.59 Å². The summed E-state index contributed by atoms with van der Waals surface area (Å²) in [4.78, 5) is 34.2. The highest BCUT2D eigenvalue weighted by Crippen LogP contribution is 2.28. The van der Waals surface area contributed by atoms with Gasteiger partial charge in [-0.15, -0.1) is 0 Å². The number of hydrogen-bond acceptors (Lipinski definition) is 5. The Kier molecular flexibility index (Phi) is 10.5. The summed E-state index contributed by atoms with van der Waals surface area (Å²) < 4.78 is 5.86. The van der Waals surface area contributed by atoms with E-state index in [2.05, 4.69) is 15.5 Å². The number of benzene rings is 2. The highest BCUT2D eigenvalue weighted by Gasteiger charge is 2.23. The second-order valence-corrected chi connectivity index (χ2v) is 7.29. The molecule has 1 aliphatic rings. The van der Waals surface area contributed by atoms with Crippen molar-refractivity contribution in [1.82, 2.24) is 10.2 Å². The SMILES string of the molecule is NC(=O)C1CCCN(CCCNC(=O)Nc2ccccc2Oc2ccccc2)C1.O=CO. The number of carbonyl (C=O) groups is 3. The van der Waals surface area contributed by atoms with Crippen molar-refractivity contribution < 1.29 is 24.2 Å². The maximum absolute atomic E-state index is 12.3. The average molecular weight is 443 g/mol. The molecule has 1 atom stereocenters. The lowest BCUT2D eigenvalue weighted by atomic mass is 9.97. The first-order chi connectivity index (χ1) is 15.5. The highest BCUT2D eigenvalue weighted by atomic mass is 16.5. The largest absolute Gasteiger partial charge is 0.483 e. The lowest BCUT2D eigenvalue weighted by Crippen LogP contribution is -2.42. The van der Waals surface area contributed by atoms with Gasteiger partial charge in [-0.25, -0.2) is 4.79 Å². The Labute approximate surface area is 187 Å². The number of piperidine rings is 1. The van der Waals surface area contributed by atoms with E-state index in [1.165, 1.54) is 0 Å². The first-order valence-corrected chi connectivity index (χ1v) is 10.5. The molecule has 3 amide bonds. The number of nitrogens with two attached hydrogens (primary N) is 1. The number of rotatable bonds is 8. The monoisotopic (exact) mass is 442 g/mol. The van der Waals surface area contributed by atoms with E-state index in [1.54, 1.807) is 6.07 Å². The van der Waals surface area contributed by atoms with E-state index in [0.29, 0.717) is 30.3 Å². The second-order valence-electron chi connectivity index (χ2n) is 7.29. The molecule has 5 N–H and O–H groups in total. The second kappa shape index (κ2) is 13.7. The predicted molar refractivity (Wildman–Crippen MR) is 122 cm³/mol. The average Bonchev–Trinajstić information content (AvgIpc) is 2.79. The number of para-hydroxylation sites is 3. The number of amides is 3. The molecular formula is C23H30N4O5. The number of carbonyl (C=O) groups excluding carboxylic acids is 2. The number of ether oxygens (including phenoxy) is 1. The number of nitrogens with zero attached hydrogens (tertiary/aromatic N) is 1. The van der Waals surface area contributed by atoms with Crippen LogP contribution in [0.25, 0.3) is 0 Å². The fourth-order valence-corrected chi connectivity index (χ4v) is 3.44. The van der Waals surface area contributed by atoms with Crippen LogP contribution in [0.5, 0.6) is 11.5 Å². The van der Waals surface area contributed by atoms with E-state index in [-0.39, 0.29) is 24.3 Å². The fraction of sp³-hybridized carbons (Fsp3) is 0.348. The van der Waals surface area contributed by atoms with Crippen LogP contribution in [0.4, 0.5) is 10.5 Å². The van der Waals surface area contributed by atoms with E-state index >= 15 is 0 Å². The van der Waals surface area contributed by atoms with Crippen LogP contribution < -0.4 is 21.1 Å². The fourth-order valence-electron chi connectivity index (χ4n) is 3.44. The zero-order valence-corrected chi connectivity index (χ0v) is 17.9. The molecular weight excluding hydrogens is 412 g/mol. The van der Waals surface area contributed by atoms with Gasteiger partial charge in [0.1, 0.15) is 5.75 Å². The van der Waals surface area contributed by atoms with Crippen molar-refractivity contribution in [2.45, 2.75) is 19.3 Å². The topological polar surface area (TPSA) is 134 Å². The summed E-state index contributed by atoms with van der Waals surface area (Å²) in [5, 5.41) is 12.6. The minimum absolute atomic E-state index is 0.0545. The third-order valence-corrected chi connectivity index (χ3v) is 4.95. The Morgan fingerprint density at radius 3 is 2.56 bits per heavy atom. The lowest BCUT2D eigenvalue weighted by molar-refractivity contribution is -0.124. The predicted octanol–water partition coefficient (Wildman–Crippen LogP) is 2.89. The van der Waals surface area contributed by atoms with Crippen molar-refractivity contribution in [2.75, 3.05) is 31.5 Å². The molecule has 0 saturated carbocycles. The minimum Gasteiger partial charge on any atom is -0.483 e. The molecule has 2 aromatic rings. The lowest BCUT2D eigenvalue weighted by Gasteiger charge is -2.31. The molecule has 0 radical (unpaired) electrons. The molecule has 0 aliphatic carbocycles. The number of hydrogen-bond donors (Lipinski definition) is 4. The standard InChI is InChI=1S/C22H28N4O3.CH2O2/c23-21(27)17-8-6-14-26(16-17)15-7-13-24-22(28)25-19-11-4-5-12-20(19)29-18-9-2-1-3-10-18;2-1-3/h1-5,9-12,17H,6-8,13-16H2,(H2,23,27)(H2,24,25,28);1H,(H,2,3). The van der Waals surface area contributed by atoms with Gasteiger partial charge < -0.3 is 31.1 Å². The van der Waals surface area contributed by atoms with Gasteiger partial charge in [-0.1, -0.05) is 30.3 Å². The van der Waals surface area contributed by atoms with Crippen LogP contribution in [-0.4, -0.2) is 54.6 Å². The summed E-state index contributed by atoms with van der Waals surface area (Å²) in [6, 6.07) is 16.5. The van der Waals surface area contributed by atoms with E-state index in [9.17, 15) is 9.59 Å². The molecule has 172 valence electrons. The van der Waals surface area contributed by atoms with Gasteiger partial charge >= 0.3 is 6.03 Å². The molecule has 1 saturated heterocycles. The number of carboxylic acid groups (broad SMARTS) is 1. The first kappa shape index (κ1) is 24.7. The summed E-state index contributed by atoms with van der Waals surface area (Å²) in [7, 11) is 0. The molecule has 0 spiro atoms. The number of nitrogens with one attached hydrogen (secondary N) is 2. The Morgan fingerprint density at radius 1 is 1.16 bits per heavy atom. The van der Waals surface area contributed by atoms with Gasteiger partial charge in [0, 0.05) is 13.1 Å². The van der Waals surface area contributed by atoms with E-state index in [1.807, 2.05) is 48.5 Å². The molecule has 0 bridgehead atoms. The molecule has 9 heteroatoms. The van der Waals surface area contributed by atoms with Crippen molar-refractivity contribution in [3.63, 3.8) is 0 Å². The smallest absolute Gasteiger partial charge is 0.319 e. The molecule has 3 rings (SSSR count). The highest BCUT2D eigenvalue weighted by molar-refractivity contribution is 5.90. The molecule has 1 fully saturated rings. The van der Waals surface area contributed by atoms with E-state index in [4.69, 9.17) is 20.4 Å². The molecule has 1 unspecified atom stereocenters. The summed E-state index contributed by atoms with van der Waals surface area (Å²) in [5.41, 5.74) is 6.02. The van der Waals surface area contributed by atoms with Crippen LogP contribution in [0.1, 0.15) is 19.3 Å². The van der Waals surface area contributed by atoms with Gasteiger partial charge in [-0.3, -0.25) is 9.59 Å². The first-order valence-electron chi connectivity index (χ1n) is 10.5. The van der Waals surface area contributed by atoms with Crippen LogP contribution in [0.15, 0.2) is 54.6 Å². The summed E-state index contributed by atoms with van der Waals surface area (Å²) in [6.45, 7) is 2.81. The number of urea groups is 1. The molecule has 9 nitrogen and oxygen atoms in total. The molecule has 2 aromatic carbocycles. The van der Waals surface area contributed by atoms with Crippen molar-refractivity contribution >= 4 is 24.1 Å². The Hall–Kier alpha value is -3.59. The third-order valence-electron chi connectivity index (χ3n) is 4.95. The summed E-state index contributed by atoms with van der Waals surface area (Å²) in [5.74, 6) is 1.02. The van der Waals surface area contributed by atoms with Crippen molar-refractivity contribution in [3.8, 4) is 11.5 Å².